The second kappa shape index (κ2) is 4.10. The number of carboxylic acids is 1. The van der Waals surface area contributed by atoms with Crippen LogP contribution in [0.5, 0.6) is 0 Å². The van der Waals surface area contributed by atoms with E-state index in [1.165, 1.54) is 0 Å². The number of aromatic carboxylic acids is 1. The van der Waals surface area contributed by atoms with Crippen molar-refractivity contribution in [1.82, 2.24) is 0 Å². The number of nitrogens with two attached hydrogens (primary N) is 1. The molecule has 1 aromatic heterocycles. The number of thiophene rings is 1. The Bertz CT molecular complexity index is 373. The Morgan fingerprint density at radius 2 is 2.29 bits per heavy atom. The molecule has 0 saturated heterocycles. The fourth-order valence-electron chi connectivity index (χ4n) is 1.09. The summed E-state index contributed by atoms with van der Waals surface area (Å²) in [7, 11) is 0. The van der Waals surface area contributed by atoms with Gasteiger partial charge in [-0.1, -0.05) is 6.92 Å². The van der Waals surface area contributed by atoms with E-state index in [0.29, 0.717) is 17.0 Å². The van der Waals surface area contributed by atoms with Gasteiger partial charge >= 0.3 is 12.0 Å². The number of carbonyl (C=O) groups is 2. The third kappa shape index (κ3) is 2.02. The van der Waals surface area contributed by atoms with Gasteiger partial charge in [0, 0.05) is 0 Å². The predicted octanol–water partition coefficient (Wildman–Crippen LogP) is 1.50. The summed E-state index contributed by atoms with van der Waals surface area (Å²) in [5.41, 5.74) is 5.74. The van der Waals surface area contributed by atoms with E-state index in [0.717, 1.165) is 11.3 Å². The van der Waals surface area contributed by atoms with Gasteiger partial charge in [0.05, 0.1) is 5.56 Å². The lowest BCUT2D eigenvalue weighted by Crippen LogP contribution is -2.20. The molecule has 1 heterocycles. The standard InChI is InChI=1S/C8H10N2O3S/c1-2-4-3-14-6(10-8(9)13)5(4)7(11)12/h3H,2H2,1H3,(H,11,12)(H3,9,10,13). The van der Waals surface area contributed by atoms with Crippen molar-refractivity contribution in [3.63, 3.8) is 0 Å². The van der Waals surface area contributed by atoms with E-state index in [2.05, 4.69) is 5.32 Å². The zero-order valence-electron chi connectivity index (χ0n) is 7.53. The van der Waals surface area contributed by atoms with Gasteiger partial charge in [-0.3, -0.25) is 5.32 Å². The number of amides is 2. The summed E-state index contributed by atoms with van der Waals surface area (Å²) in [4.78, 5) is 21.4. The average molecular weight is 214 g/mol. The largest absolute Gasteiger partial charge is 0.478 e. The number of carboxylic acid groups (broad SMARTS) is 1. The summed E-state index contributed by atoms with van der Waals surface area (Å²) < 4.78 is 0. The molecular formula is C8H10N2O3S. The first-order chi connectivity index (χ1) is 6.56. The number of nitrogens with one attached hydrogen (secondary N) is 1. The Labute approximate surface area is 84.5 Å². The number of hydrogen-bond donors (Lipinski definition) is 3. The van der Waals surface area contributed by atoms with E-state index in [4.69, 9.17) is 10.8 Å². The minimum Gasteiger partial charge on any atom is -0.478 e. The molecule has 0 bridgehead atoms. The molecule has 1 rings (SSSR count). The van der Waals surface area contributed by atoms with E-state index in [1.54, 1.807) is 5.38 Å². The van der Waals surface area contributed by atoms with Gasteiger partial charge in [0.2, 0.25) is 0 Å². The topological polar surface area (TPSA) is 92.4 Å². The highest BCUT2D eigenvalue weighted by atomic mass is 32.1. The van der Waals surface area contributed by atoms with Crippen molar-refractivity contribution in [2.45, 2.75) is 13.3 Å². The monoisotopic (exact) mass is 214 g/mol. The third-order valence-corrected chi connectivity index (χ3v) is 2.64. The van der Waals surface area contributed by atoms with E-state index in [9.17, 15) is 9.59 Å². The number of anilines is 1. The van der Waals surface area contributed by atoms with Crippen LogP contribution in [-0.4, -0.2) is 17.1 Å². The molecule has 5 nitrogen and oxygen atoms in total. The molecule has 0 radical (unpaired) electrons. The van der Waals surface area contributed by atoms with Gasteiger partial charge in [-0.05, 0) is 17.4 Å². The maximum Gasteiger partial charge on any atom is 0.338 e. The lowest BCUT2D eigenvalue weighted by Gasteiger charge is -2.01. The number of hydrogen-bond acceptors (Lipinski definition) is 3. The lowest BCUT2D eigenvalue weighted by atomic mass is 10.1. The Kier molecular flexibility index (Phi) is 3.08. The van der Waals surface area contributed by atoms with Gasteiger partial charge in [0.1, 0.15) is 5.00 Å². The summed E-state index contributed by atoms with van der Waals surface area (Å²) in [6.07, 6.45) is 0.610. The maximum absolute atomic E-state index is 10.9. The Morgan fingerprint density at radius 1 is 1.64 bits per heavy atom. The molecule has 0 spiro atoms. The van der Waals surface area contributed by atoms with Crippen LogP contribution in [0.4, 0.5) is 9.80 Å². The molecule has 0 unspecified atom stereocenters. The number of carbonyl (C=O) groups excluding carboxylic acids is 1. The van der Waals surface area contributed by atoms with Crippen molar-refractivity contribution in [3.05, 3.63) is 16.5 Å². The minimum atomic E-state index is -1.05. The van der Waals surface area contributed by atoms with Crippen LogP contribution in [0.3, 0.4) is 0 Å². The Balaban J connectivity index is 3.10. The van der Waals surface area contributed by atoms with Gasteiger partial charge in [0.25, 0.3) is 0 Å². The molecule has 0 aliphatic rings. The molecular weight excluding hydrogens is 204 g/mol. The predicted molar refractivity (Wildman–Crippen MR) is 53.9 cm³/mol. The molecule has 1 aromatic rings. The second-order valence-electron chi connectivity index (χ2n) is 2.61. The van der Waals surface area contributed by atoms with Crippen LogP contribution >= 0.6 is 11.3 Å². The van der Waals surface area contributed by atoms with E-state index in [-0.39, 0.29) is 5.56 Å². The summed E-state index contributed by atoms with van der Waals surface area (Å²) >= 11 is 1.16. The normalized spacial score (nSPS) is 9.79. The molecule has 0 aliphatic heterocycles. The molecule has 0 fully saturated rings. The van der Waals surface area contributed by atoms with Crippen molar-refractivity contribution in [3.8, 4) is 0 Å². The highest BCUT2D eigenvalue weighted by Gasteiger charge is 2.17. The van der Waals surface area contributed by atoms with Gasteiger partial charge in [-0.2, -0.15) is 0 Å². The second-order valence-corrected chi connectivity index (χ2v) is 3.49. The number of rotatable bonds is 3. The van der Waals surface area contributed by atoms with Crippen molar-refractivity contribution < 1.29 is 14.7 Å². The van der Waals surface area contributed by atoms with Crippen LogP contribution in [0.1, 0.15) is 22.8 Å². The maximum atomic E-state index is 10.9. The van der Waals surface area contributed by atoms with Crippen LogP contribution in [-0.2, 0) is 6.42 Å². The zero-order valence-corrected chi connectivity index (χ0v) is 8.35. The highest BCUT2D eigenvalue weighted by Crippen LogP contribution is 2.28. The average Bonchev–Trinajstić information content (AvgIpc) is 2.46. The van der Waals surface area contributed by atoms with Gasteiger partial charge in [-0.25, -0.2) is 9.59 Å². The molecule has 4 N–H and O–H groups in total. The fraction of sp³-hybridized carbons (Fsp3) is 0.250. The summed E-state index contributed by atoms with van der Waals surface area (Å²) in [5, 5.41) is 13.2. The summed E-state index contributed by atoms with van der Waals surface area (Å²) in [6.45, 7) is 1.85. The molecule has 76 valence electrons. The molecule has 0 aromatic carbocycles. The van der Waals surface area contributed by atoms with Gasteiger partial charge < -0.3 is 10.8 Å². The zero-order chi connectivity index (χ0) is 10.7. The van der Waals surface area contributed by atoms with Crippen molar-refractivity contribution in [2.75, 3.05) is 5.32 Å². The molecule has 2 amide bonds. The van der Waals surface area contributed by atoms with Gasteiger partial charge in [-0.15, -0.1) is 11.3 Å². The SMILES string of the molecule is CCc1csc(NC(N)=O)c1C(=O)O. The van der Waals surface area contributed by atoms with Crippen LogP contribution in [0.2, 0.25) is 0 Å². The van der Waals surface area contributed by atoms with E-state index < -0.39 is 12.0 Å². The van der Waals surface area contributed by atoms with Crippen molar-refractivity contribution in [2.24, 2.45) is 5.73 Å². The Morgan fingerprint density at radius 3 is 2.71 bits per heavy atom. The van der Waals surface area contributed by atoms with Crippen LogP contribution in [0.15, 0.2) is 5.38 Å². The molecule has 0 aliphatic carbocycles. The fourth-order valence-corrected chi connectivity index (χ4v) is 2.13. The third-order valence-electron chi connectivity index (χ3n) is 1.70. The molecule has 6 heteroatoms. The van der Waals surface area contributed by atoms with Gasteiger partial charge in [0.15, 0.2) is 0 Å². The molecule has 0 atom stereocenters. The van der Waals surface area contributed by atoms with E-state index >= 15 is 0 Å². The van der Waals surface area contributed by atoms with Crippen molar-refractivity contribution in [1.29, 1.82) is 0 Å². The number of urea groups is 1. The first kappa shape index (κ1) is 10.5. The quantitative estimate of drug-likeness (QED) is 0.711. The first-order valence-electron chi connectivity index (χ1n) is 3.96. The van der Waals surface area contributed by atoms with E-state index in [1.807, 2.05) is 6.92 Å². The van der Waals surface area contributed by atoms with Crippen LogP contribution in [0, 0.1) is 0 Å². The molecule has 14 heavy (non-hydrogen) atoms. The summed E-state index contributed by atoms with van der Waals surface area (Å²) in [6, 6.07) is -0.753. The summed E-state index contributed by atoms with van der Waals surface area (Å²) in [5.74, 6) is -1.05. The van der Waals surface area contributed by atoms with Crippen LogP contribution in [0.25, 0.3) is 0 Å². The lowest BCUT2D eigenvalue weighted by molar-refractivity contribution is 0.0697. The highest BCUT2D eigenvalue weighted by molar-refractivity contribution is 7.15. The number of primary amides is 1. The smallest absolute Gasteiger partial charge is 0.338 e. The number of aryl methyl sites for hydroxylation is 1. The first-order valence-corrected chi connectivity index (χ1v) is 4.84. The molecule has 0 saturated carbocycles. The van der Waals surface area contributed by atoms with Crippen LogP contribution < -0.4 is 11.1 Å². The minimum absolute atomic E-state index is 0.135. The Hall–Kier alpha value is -1.56. The van der Waals surface area contributed by atoms with Crippen molar-refractivity contribution >= 4 is 28.3 Å².